The first-order chi connectivity index (χ1) is 13.7. The first kappa shape index (κ1) is 20.7. The normalized spacial score (nSPS) is 11.2. The Labute approximate surface area is 173 Å². The van der Waals surface area contributed by atoms with Crippen molar-refractivity contribution in [3.05, 3.63) is 64.9 Å². The van der Waals surface area contributed by atoms with Gasteiger partial charge in [-0.3, -0.25) is 9.48 Å². The topological polar surface area (TPSA) is 99.5 Å². The minimum absolute atomic E-state index is 0.0387. The first-order valence-corrected chi connectivity index (χ1v) is 10.2. The Kier molecular flexibility index (Phi) is 5.81. The molecule has 0 unspecified atom stereocenters. The van der Waals surface area contributed by atoms with Crippen LogP contribution < -0.4 is 14.2 Å². The van der Waals surface area contributed by atoms with Gasteiger partial charge in [0.2, 0.25) is 0 Å². The first-order valence-electron chi connectivity index (χ1n) is 8.41. The zero-order valence-electron chi connectivity index (χ0n) is 15.8. The van der Waals surface area contributed by atoms with Gasteiger partial charge < -0.3 is 14.2 Å². The van der Waals surface area contributed by atoms with Crippen LogP contribution in [0.15, 0.2) is 53.4 Å². The van der Waals surface area contributed by atoms with Gasteiger partial charge in [0.15, 0.2) is 4.90 Å². The standard InChI is InChI=1S/C19H18ClN3O5S/c1-12-17(18(20)23(2)22-12)29(25,26)28-14-10-8-13(9-11-14)21-19(24)15-6-4-5-7-16(15)27-3/h4-11H,1-3H3,(H,21,24). The highest BCUT2D eigenvalue weighted by atomic mass is 35.5. The van der Waals surface area contributed by atoms with Gasteiger partial charge in [-0.15, -0.1) is 0 Å². The molecule has 8 nitrogen and oxygen atoms in total. The van der Waals surface area contributed by atoms with Gasteiger partial charge >= 0.3 is 10.1 Å². The van der Waals surface area contributed by atoms with Crippen LogP contribution in [0.3, 0.4) is 0 Å². The Morgan fingerprint density at radius 3 is 2.38 bits per heavy atom. The molecule has 3 aromatic rings. The summed E-state index contributed by atoms with van der Waals surface area (Å²) in [6, 6.07) is 12.7. The van der Waals surface area contributed by atoms with Crippen LogP contribution in [0.4, 0.5) is 5.69 Å². The number of carbonyl (C=O) groups excluding carboxylic acids is 1. The fourth-order valence-corrected chi connectivity index (χ4v) is 4.33. The number of anilines is 1. The number of methoxy groups -OCH3 is 1. The zero-order valence-corrected chi connectivity index (χ0v) is 17.4. The van der Waals surface area contributed by atoms with Crippen molar-refractivity contribution in [3.63, 3.8) is 0 Å². The summed E-state index contributed by atoms with van der Waals surface area (Å²) >= 11 is 6.01. The molecule has 0 bridgehead atoms. The van der Waals surface area contributed by atoms with Crippen LogP contribution in [-0.2, 0) is 17.2 Å². The molecule has 10 heteroatoms. The fourth-order valence-electron chi connectivity index (χ4n) is 2.69. The van der Waals surface area contributed by atoms with E-state index in [4.69, 9.17) is 20.5 Å². The van der Waals surface area contributed by atoms with E-state index in [-0.39, 0.29) is 27.4 Å². The van der Waals surface area contributed by atoms with E-state index in [0.717, 1.165) is 0 Å². The molecule has 0 spiro atoms. The second-order valence-corrected chi connectivity index (χ2v) is 7.89. The minimum Gasteiger partial charge on any atom is -0.496 e. The van der Waals surface area contributed by atoms with E-state index in [1.807, 2.05) is 0 Å². The number of hydrogen-bond donors (Lipinski definition) is 1. The molecule has 0 saturated carbocycles. The molecule has 0 radical (unpaired) electrons. The van der Waals surface area contributed by atoms with Gasteiger partial charge in [0.05, 0.1) is 18.4 Å². The molecule has 29 heavy (non-hydrogen) atoms. The highest BCUT2D eigenvalue weighted by molar-refractivity contribution is 7.87. The van der Waals surface area contributed by atoms with Crippen LogP contribution in [0, 0.1) is 6.92 Å². The summed E-state index contributed by atoms with van der Waals surface area (Å²) in [4.78, 5) is 12.2. The van der Waals surface area contributed by atoms with Crippen molar-refractivity contribution >= 4 is 33.3 Å². The Balaban J connectivity index is 1.76. The van der Waals surface area contributed by atoms with E-state index >= 15 is 0 Å². The van der Waals surface area contributed by atoms with Crippen molar-refractivity contribution in [2.24, 2.45) is 7.05 Å². The van der Waals surface area contributed by atoms with Crippen molar-refractivity contribution in [2.45, 2.75) is 11.8 Å². The lowest BCUT2D eigenvalue weighted by Crippen LogP contribution is -2.13. The molecule has 3 rings (SSSR count). The van der Waals surface area contributed by atoms with Crippen molar-refractivity contribution in [2.75, 3.05) is 12.4 Å². The summed E-state index contributed by atoms with van der Waals surface area (Å²) in [5, 5.41) is 6.66. The minimum atomic E-state index is -4.16. The lowest BCUT2D eigenvalue weighted by Gasteiger charge is -2.10. The number of hydrogen-bond acceptors (Lipinski definition) is 6. The second-order valence-electron chi connectivity index (χ2n) is 6.05. The number of ether oxygens (including phenoxy) is 1. The summed E-state index contributed by atoms with van der Waals surface area (Å²) in [5.41, 5.74) is 1.07. The molecule has 1 heterocycles. The van der Waals surface area contributed by atoms with E-state index in [2.05, 4.69) is 10.4 Å². The van der Waals surface area contributed by atoms with Crippen LogP contribution in [0.25, 0.3) is 0 Å². The third kappa shape index (κ3) is 4.36. The van der Waals surface area contributed by atoms with E-state index < -0.39 is 10.1 Å². The molecule has 0 aliphatic heterocycles. The molecular formula is C19H18ClN3O5S. The van der Waals surface area contributed by atoms with E-state index in [1.54, 1.807) is 24.3 Å². The number of carbonyl (C=O) groups is 1. The van der Waals surface area contributed by atoms with Gasteiger partial charge in [-0.1, -0.05) is 23.7 Å². The maximum Gasteiger partial charge on any atom is 0.344 e. The number of benzene rings is 2. The largest absolute Gasteiger partial charge is 0.496 e. The maximum absolute atomic E-state index is 12.5. The van der Waals surface area contributed by atoms with Crippen molar-refractivity contribution in [1.29, 1.82) is 0 Å². The van der Waals surface area contributed by atoms with Gasteiger partial charge in [0, 0.05) is 12.7 Å². The van der Waals surface area contributed by atoms with E-state index in [1.165, 1.54) is 50.0 Å². The van der Waals surface area contributed by atoms with Crippen molar-refractivity contribution < 1.29 is 22.1 Å². The van der Waals surface area contributed by atoms with E-state index in [0.29, 0.717) is 17.0 Å². The third-order valence-corrected chi connectivity index (χ3v) is 5.97. The fraction of sp³-hybridized carbons (Fsp3) is 0.158. The smallest absolute Gasteiger partial charge is 0.344 e. The highest BCUT2D eigenvalue weighted by Gasteiger charge is 2.27. The highest BCUT2D eigenvalue weighted by Crippen LogP contribution is 2.28. The molecule has 152 valence electrons. The molecule has 0 atom stereocenters. The molecule has 1 amide bonds. The van der Waals surface area contributed by atoms with Crippen LogP contribution in [0.2, 0.25) is 5.15 Å². The molecule has 0 saturated heterocycles. The van der Waals surface area contributed by atoms with Gasteiger partial charge in [0.1, 0.15) is 16.7 Å². The predicted octanol–water partition coefficient (Wildman–Crippen LogP) is 3.41. The summed E-state index contributed by atoms with van der Waals surface area (Å²) in [7, 11) is -1.14. The summed E-state index contributed by atoms with van der Waals surface area (Å²) in [5.74, 6) is 0.154. The quantitative estimate of drug-likeness (QED) is 0.595. The molecular weight excluding hydrogens is 418 g/mol. The predicted molar refractivity (Wildman–Crippen MR) is 108 cm³/mol. The molecule has 1 aromatic heterocycles. The number of nitrogens with one attached hydrogen (secondary N) is 1. The van der Waals surface area contributed by atoms with Crippen LogP contribution >= 0.6 is 11.6 Å². The van der Waals surface area contributed by atoms with Crippen LogP contribution in [-0.4, -0.2) is 31.2 Å². The Hall–Kier alpha value is -3.04. The Bertz CT molecular complexity index is 1160. The van der Waals surface area contributed by atoms with Gasteiger partial charge in [-0.25, -0.2) is 0 Å². The number of halogens is 1. The Morgan fingerprint density at radius 2 is 1.79 bits per heavy atom. The number of aromatic nitrogens is 2. The van der Waals surface area contributed by atoms with Gasteiger partial charge in [0.25, 0.3) is 5.91 Å². The molecule has 2 aromatic carbocycles. The lowest BCUT2D eigenvalue weighted by molar-refractivity contribution is 0.102. The number of aryl methyl sites for hydroxylation is 2. The average molecular weight is 436 g/mol. The summed E-state index contributed by atoms with van der Waals surface area (Å²) in [6.45, 7) is 1.53. The number of amides is 1. The summed E-state index contributed by atoms with van der Waals surface area (Å²) < 4.78 is 36.6. The maximum atomic E-state index is 12.5. The molecule has 0 aliphatic carbocycles. The number of rotatable bonds is 6. The molecule has 1 N–H and O–H groups in total. The summed E-state index contributed by atoms with van der Waals surface area (Å²) in [6.07, 6.45) is 0. The number of nitrogens with zero attached hydrogens (tertiary/aromatic N) is 2. The van der Waals surface area contributed by atoms with E-state index in [9.17, 15) is 13.2 Å². The second kappa shape index (κ2) is 8.14. The van der Waals surface area contributed by atoms with Crippen LogP contribution in [0.1, 0.15) is 16.1 Å². The Morgan fingerprint density at radius 1 is 1.14 bits per heavy atom. The molecule has 0 fully saturated rings. The van der Waals surface area contributed by atoms with Crippen LogP contribution in [0.5, 0.6) is 11.5 Å². The monoisotopic (exact) mass is 435 g/mol. The SMILES string of the molecule is COc1ccccc1C(=O)Nc1ccc(OS(=O)(=O)c2c(C)nn(C)c2Cl)cc1. The lowest BCUT2D eigenvalue weighted by atomic mass is 10.2. The molecule has 0 aliphatic rings. The van der Waals surface area contributed by atoms with Gasteiger partial charge in [-0.05, 0) is 43.3 Å². The van der Waals surface area contributed by atoms with Crippen molar-refractivity contribution in [3.8, 4) is 11.5 Å². The van der Waals surface area contributed by atoms with Gasteiger partial charge in [-0.2, -0.15) is 13.5 Å². The van der Waals surface area contributed by atoms with Crippen molar-refractivity contribution in [1.82, 2.24) is 9.78 Å². The zero-order chi connectivity index (χ0) is 21.2. The third-order valence-electron chi connectivity index (χ3n) is 4.02. The number of para-hydroxylation sites is 1. The average Bonchev–Trinajstić information content (AvgIpc) is 2.95.